The highest BCUT2D eigenvalue weighted by Crippen LogP contribution is 2.25. The molecule has 1 aromatic rings. The largest absolute Gasteiger partial charge is 0.492 e. The predicted molar refractivity (Wildman–Crippen MR) is 74.8 cm³/mol. The van der Waals surface area contributed by atoms with Crippen molar-refractivity contribution in [3.8, 4) is 5.75 Å². The highest BCUT2D eigenvalue weighted by molar-refractivity contribution is 6.32. The highest BCUT2D eigenvalue weighted by atomic mass is 35.5. The van der Waals surface area contributed by atoms with Crippen LogP contribution in [-0.4, -0.2) is 24.9 Å². The third kappa shape index (κ3) is 4.75. The van der Waals surface area contributed by atoms with Gasteiger partial charge in [0.15, 0.2) is 0 Å². The van der Waals surface area contributed by atoms with Gasteiger partial charge in [-0.15, -0.1) is 11.6 Å². The summed E-state index contributed by atoms with van der Waals surface area (Å²) in [6.45, 7) is 4.76. The summed E-state index contributed by atoms with van der Waals surface area (Å²) in [5, 5.41) is 3.48. The Balaban J connectivity index is 2.38. The molecule has 0 aliphatic carbocycles. The van der Waals surface area contributed by atoms with Gasteiger partial charge in [0.2, 0.25) is 5.91 Å². The average molecular weight is 290 g/mol. The maximum atomic E-state index is 11.1. The molecule has 5 heteroatoms. The van der Waals surface area contributed by atoms with E-state index in [0.29, 0.717) is 25.5 Å². The van der Waals surface area contributed by atoms with Gasteiger partial charge in [-0.05, 0) is 37.1 Å². The normalized spacial score (nSPS) is 10.2. The predicted octanol–water partition coefficient (Wildman–Crippen LogP) is 3.08. The molecule has 0 aliphatic rings. The minimum Gasteiger partial charge on any atom is -0.492 e. The summed E-state index contributed by atoms with van der Waals surface area (Å²) in [7, 11) is 0. The van der Waals surface area contributed by atoms with Gasteiger partial charge < -0.3 is 10.1 Å². The standard InChI is InChI=1S/C13H17Cl2NO2/c1-9-7-11(8-10(2)13(9)15)18-6-5-16-12(17)3-4-14/h7-8H,3-6H2,1-2H3,(H,16,17). The molecule has 0 unspecified atom stereocenters. The lowest BCUT2D eigenvalue weighted by atomic mass is 10.1. The van der Waals surface area contributed by atoms with E-state index >= 15 is 0 Å². The molecule has 0 atom stereocenters. The number of alkyl halides is 1. The fraction of sp³-hybridized carbons (Fsp3) is 0.462. The third-order valence-corrected chi connectivity index (χ3v) is 3.21. The lowest BCUT2D eigenvalue weighted by Gasteiger charge is -2.10. The second-order valence-electron chi connectivity index (χ2n) is 4.01. The van der Waals surface area contributed by atoms with E-state index in [0.717, 1.165) is 21.9 Å². The topological polar surface area (TPSA) is 38.3 Å². The molecular weight excluding hydrogens is 273 g/mol. The summed E-state index contributed by atoms with van der Waals surface area (Å²) >= 11 is 11.5. The van der Waals surface area contributed by atoms with Crippen molar-refractivity contribution in [2.75, 3.05) is 19.0 Å². The van der Waals surface area contributed by atoms with Crippen molar-refractivity contribution in [3.63, 3.8) is 0 Å². The lowest BCUT2D eigenvalue weighted by Crippen LogP contribution is -2.28. The molecule has 0 aromatic heterocycles. The maximum absolute atomic E-state index is 11.1. The van der Waals surface area contributed by atoms with Crippen LogP contribution in [0.5, 0.6) is 5.75 Å². The summed E-state index contributed by atoms with van der Waals surface area (Å²) in [4.78, 5) is 11.1. The minimum atomic E-state index is -0.0583. The van der Waals surface area contributed by atoms with Crippen LogP contribution in [0.1, 0.15) is 17.5 Å². The summed E-state index contributed by atoms with van der Waals surface area (Å²) < 4.78 is 5.54. The van der Waals surface area contributed by atoms with Crippen LogP contribution in [0.15, 0.2) is 12.1 Å². The lowest BCUT2D eigenvalue weighted by molar-refractivity contribution is -0.120. The van der Waals surface area contributed by atoms with Crippen molar-refractivity contribution in [1.29, 1.82) is 0 Å². The van der Waals surface area contributed by atoms with Crippen LogP contribution in [0, 0.1) is 13.8 Å². The number of rotatable bonds is 6. The Bertz CT molecular complexity index is 398. The van der Waals surface area contributed by atoms with Gasteiger partial charge in [-0.1, -0.05) is 11.6 Å². The number of ether oxygens (including phenoxy) is 1. The van der Waals surface area contributed by atoms with Crippen molar-refractivity contribution in [2.45, 2.75) is 20.3 Å². The number of nitrogens with one attached hydrogen (secondary N) is 1. The van der Waals surface area contributed by atoms with Crippen LogP contribution < -0.4 is 10.1 Å². The maximum Gasteiger partial charge on any atom is 0.221 e. The molecule has 0 aliphatic heterocycles. The fourth-order valence-corrected chi connectivity index (χ4v) is 1.80. The van der Waals surface area contributed by atoms with Gasteiger partial charge in [0.25, 0.3) is 0 Å². The van der Waals surface area contributed by atoms with Gasteiger partial charge in [-0.25, -0.2) is 0 Å². The molecule has 0 spiro atoms. The molecule has 0 saturated heterocycles. The van der Waals surface area contributed by atoms with Crippen molar-refractivity contribution < 1.29 is 9.53 Å². The monoisotopic (exact) mass is 289 g/mol. The number of amides is 1. The summed E-state index contributed by atoms with van der Waals surface area (Å²) in [6.07, 6.45) is 0.334. The number of aryl methyl sites for hydroxylation is 2. The van der Waals surface area contributed by atoms with E-state index in [-0.39, 0.29) is 5.91 Å². The van der Waals surface area contributed by atoms with Crippen LogP contribution in [0.3, 0.4) is 0 Å². The van der Waals surface area contributed by atoms with Crippen molar-refractivity contribution in [2.24, 2.45) is 0 Å². The Labute approximate surface area is 117 Å². The molecule has 0 bridgehead atoms. The Kier molecular flexibility index (Phi) is 6.30. The summed E-state index contributed by atoms with van der Waals surface area (Å²) in [5.74, 6) is 1.04. The number of halogens is 2. The Hall–Kier alpha value is -0.930. The second kappa shape index (κ2) is 7.49. The van der Waals surface area contributed by atoms with Crippen molar-refractivity contribution in [3.05, 3.63) is 28.3 Å². The Morgan fingerprint density at radius 3 is 2.50 bits per heavy atom. The van der Waals surface area contributed by atoms with Crippen LogP contribution in [-0.2, 0) is 4.79 Å². The van der Waals surface area contributed by atoms with E-state index in [4.69, 9.17) is 27.9 Å². The van der Waals surface area contributed by atoms with Crippen molar-refractivity contribution >= 4 is 29.1 Å². The first-order valence-electron chi connectivity index (χ1n) is 5.76. The zero-order chi connectivity index (χ0) is 13.5. The molecule has 0 heterocycles. The van der Waals surface area contributed by atoms with Gasteiger partial charge in [-0.2, -0.15) is 0 Å². The number of carbonyl (C=O) groups excluding carboxylic acids is 1. The zero-order valence-corrected chi connectivity index (χ0v) is 12.1. The van der Waals surface area contributed by atoms with Gasteiger partial charge in [-0.3, -0.25) is 4.79 Å². The number of benzene rings is 1. The molecule has 1 amide bonds. The van der Waals surface area contributed by atoms with E-state index in [1.807, 2.05) is 26.0 Å². The molecule has 0 saturated carbocycles. The van der Waals surface area contributed by atoms with Crippen LogP contribution >= 0.6 is 23.2 Å². The van der Waals surface area contributed by atoms with Crippen LogP contribution in [0.2, 0.25) is 5.02 Å². The first-order chi connectivity index (χ1) is 8.54. The van der Waals surface area contributed by atoms with E-state index in [9.17, 15) is 4.79 Å². The first-order valence-corrected chi connectivity index (χ1v) is 6.68. The Morgan fingerprint density at radius 2 is 1.94 bits per heavy atom. The minimum absolute atomic E-state index is 0.0583. The van der Waals surface area contributed by atoms with Gasteiger partial charge in [0.05, 0.1) is 6.54 Å². The van der Waals surface area contributed by atoms with Gasteiger partial charge >= 0.3 is 0 Å². The quantitative estimate of drug-likeness (QED) is 0.646. The van der Waals surface area contributed by atoms with Gasteiger partial charge in [0.1, 0.15) is 12.4 Å². The molecule has 1 aromatic carbocycles. The average Bonchev–Trinajstić information content (AvgIpc) is 2.32. The number of hydrogen-bond acceptors (Lipinski definition) is 2. The molecule has 0 fully saturated rings. The second-order valence-corrected chi connectivity index (χ2v) is 4.76. The molecule has 0 radical (unpaired) electrons. The molecule has 3 nitrogen and oxygen atoms in total. The molecule has 1 N–H and O–H groups in total. The van der Waals surface area contributed by atoms with E-state index in [1.165, 1.54) is 0 Å². The van der Waals surface area contributed by atoms with E-state index in [1.54, 1.807) is 0 Å². The molecule has 1 rings (SSSR count). The van der Waals surface area contributed by atoms with Crippen LogP contribution in [0.4, 0.5) is 0 Å². The Morgan fingerprint density at radius 1 is 1.33 bits per heavy atom. The third-order valence-electron chi connectivity index (χ3n) is 2.42. The fourth-order valence-electron chi connectivity index (χ4n) is 1.52. The smallest absolute Gasteiger partial charge is 0.221 e. The highest BCUT2D eigenvalue weighted by Gasteiger charge is 2.04. The van der Waals surface area contributed by atoms with Crippen molar-refractivity contribution in [1.82, 2.24) is 5.32 Å². The summed E-state index contributed by atoms with van der Waals surface area (Å²) in [6, 6.07) is 3.77. The molecular formula is C13H17Cl2NO2. The van der Waals surface area contributed by atoms with E-state index in [2.05, 4.69) is 5.32 Å². The number of carbonyl (C=O) groups is 1. The number of hydrogen-bond donors (Lipinski definition) is 1. The first kappa shape index (κ1) is 15.1. The van der Waals surface area contributed by atoms with Gasteiger partial charge in [0, 0.05) is 17.3 Å². The van der Waals surface area contributed by atoms with E-state index < -0.39 is 0 Å². The van der Waals surface area contributed by atoms with Crippen LogP contribution in [0.25, 0.3) is 0 Å². The SMILES string of the molecule is Cc1cc(OCCNC(=O)CCCl)cc(C)c1Cl. The zero-order valence-electron chi connectivity index (χ0n) is 10.6. The molecule has 100 valence electrons. The summed E-state index contributed by atoms with van der Waals surface area (Å²) in [5.41, 5.74) is 1.97. The molecule has 18 heavy (non-hydrogen) atoms.